The third-order valence-corrected chi connectivity index (χ3v) is 4.40. The van der Waals surface area contributed by atoms with Gasteiger partial charge in [0.15, 0.2) is 0 Å². The number of nitrogens with zero attached hydrogens (tertiary/aromatic N) is 2. The fourth-order valence-corrected chi connectivity index (χ4v) is 2.72. The summed E-state index contributed by atoms with van der Waals surface area (Å²) in [5.74, 6) is 0.424. The average Bonchev–Trinajstić information content (AvgIpc) is 2.94. The van der Waals surface area contributed by atoms with Gasteiger partial charge in [-0.2, -0.15) is 0 Å². The van der Waals surface area contributed by atoms with E-state index in [1.165, 1.54) is 0 Å². The number of nitrogens with one attached hydrogen (secondary N) is 1. The monoisotopic (exact) mass is 367 g/mol. The Morgan fingerprint density at radius 2 is 1.74 bits per heavy atom. The van der Waals surface area contributed by atoms with Gasteiger partial charge >= 0.3 is 6.01 Å². The van der Waals surface area contributed by atoms with Gasteiger partial charge in [0.1, 0.15) is 0 Å². The Labute approximate surface area is 148 Å². The highest BCUT2D eigenvalue weighted by Crippen LogP contribution is 2.27. The number of anilines is 2. The fourth-order valence-electron chi connectivity index (χ4n) is 2.07. The van der Waals surface area contributed by atoms with E-state index in [9.17, 15) is 0 Å². The Morgan fingerprint density at radius 1 is 1.00 bits per heavy atom. The summed E-state index contributed by atoms with van der Waals surface area (Å²) in [5, 5.41) is 12.9. The van der Waals surface area contributed by atoms with Crippen LogP contribution in [0.3, 0.4) is 0 Å². The van der Waals surface area contributed by atoms with Crippen LogP contribution in [0, 0.1) is 6.92 Å². The molecule has 118 valence electrons. The van der Waals surface area contributed by atoms with Crippen molar-refractivity contribution < 1.29 is 4.42 Å². The maximum atomic E-state index is 6.15. The molecule has 23 heavy (non-hydrogen) atoms. The molecule has 0 fully saturated rings. The van der Waals surface area contributed by atoms with Crippen molar-refractivity contribution in [3.8, 4) is 0 Å². The van der Waals surface area contributed by atoms with Crippen molar-refractivity contribution in [1.29, 1.82) is 0 Å². The zero-order valence-electron chi connectivity index (χ0n) is 12.1. The van der Waals surface area contributed by atoms with E-state index in [1.807, 2.05) is 19.1 Å². The van der Waals surface area contributed by atoms with E-state index in [0.717, 1.165) is 16.8 Å². The minimum absolute atomic E-state index is 0.296. The smallest absolute Gasteiger partial charge is 0.320 e. The lowest BCUT2D eigenvalue weighted by atomic mass is 10.1. The molecule has 0 aliphatic heterocycles. The van der Waals surface area contributed by atoms with Gasteiger partial charge in [-0.15, -0.1) is 5.10 Å². The maximum Gasteiger partial charge on any atom is 0.320 e. The fraction of sp³-hybridized carbons (Fsp3) is 0.125. The molecule has 2 aromatic carbocycles. The van der Waals surface area contributed by atoms with E-state index in [0.29, 0.717) is 33.4 Å². The predicted molar refractivity (Wildman–Crippen MR) is 93.0 cm³/mol. The van der Waals surface area contributed by atoms with E-state index in [1.54, 1.807) is 24.3 Å². The number of aromatic nitrogens is 2. The van der Waals surface area contributed by atoms with Gasteiger partial charge < -0.3 is 9.73 Å². The molecule has 1 heterocycles. The van der Waals surface area contributed by atoms with Crippen LogP contribution in [-0.2, 0) is 6.42 Å². The summed E-state index contributed by atoms with van der Waals surface area (Å²) in [4.78, 5) is 0. The molecular formula is C16H12Cl3N3O. The number of aryl methyl sites for hydroxylation is 1. The molecule has 7 heteroatoms. The highest BCUT2D eigenvalue weighted by atomic mass is 35.5. The Bertz CT molecular complexity index is 828. The number of hydrogen-bond acceptors (Lipinski definition) is 4. The minimum Gasteiger partial charge on any atom is -0.408 e. The van der Waals surface area contributed by atoms with Crippen LogP contribution in [0.1, 0.15) is 17.0 Å². The van der Waals surface area contributed by atoms with Crippen molar-refractivity contribution in [1.82, 2.24) is 10.2 Å². The summed E-state index contributed by atoms with van der Waals surface area (Å²) in [6.07, 6.45) is 0.368. The lowest BCUT2D eigenvalue weighted by molar-refractivity contribution is 0.521. The molecular weight excluding hydrogens is 357 g/mol. The Kier molecular flexibility index (Phi) is 4.76. The highest BCUT2D eigenvalue weighted by Gasteiger charge is 2.12. The van der Waals surface area contributed by atoms with Crippen molar-refractivity contribution >= 4 is 46.5 Å². The van der Waals surface area contributed by atoms with Crippen LogP contribution < -0.4 is 5.32 Å². The number of hydrogen-bond donors (Lipinski definition) is 1. The lowest BCUT2D eigenvalue weighted by Crippen LogP contribution is -1.91. The largest absolute Gasteiger partial charge is 0.408 e. The van der Waals surface area contributed by atoms with Crippen LogP contribution >= 0.6 is 34.8 Å². The van der Waals surface area contributed by atoms with Gasteiger partial charge in [0.2, 0.25) is 5.89 Å². The highest BCUT2D eigenvalue weighted by molar-refractivity contribution is 6.36. The second-order valence-corrected chi connectivity index (χ2v) is 6.19. The molecule has 3 rings (SSSR count). The molecule has 4 nitrogen and oxygen atoms in total. The first-order valence-electron chi connectivity index (χ1n) is 6.81. The number of rotatable bonds is 4. The van der Waals surface area contributed by atoms with Crippen molar-refractivity contribution in [3.63, 3.8) is 0 Å². The molecule has 0 spiro atoms. The molecule has 1 aromatic heterocycles. The van der Waals surface area contributed by atoms with Crippen LogP contribution in [0.15, 0.2) is 40.8 Å². The van der Waals surface area contributed by atoms with Crippen molar-refractivity contribution in [2.45, 2.75) is 13.3 Å². The lowest BCUT2D eigenvalue weighted by Gasteiger charge is -2.04. The van der Waals surface area contributed by atoms with E-state index < -0.39 is 0 Å². The van der Waals surface area contributed by atoms with Crippen LogP contribution in [0.25, 0.3) is 0 Å². The molecule has 0 radical (unpaired) electrons. The summed E-state index contributed by atoms with van der Waals surface area (Å²) in [5.41, 5.74) is 2.53. The molecule has 0 bridgehead atoms. The van der Waals surface area contributed by atoms with Crippen LogP contribution in [0.2, 0.25) is 15.1 Å². The molecule has 0 saturated heterocycles. The molecule has 0 aliphatic rings. The zero-order valence-corrected chi connectivity index (χ0v) is 14.4. The second-order valence-electron chi connectivity index (χ2n) is 4.97. The predicted octanol–water partition coefficient (Wildman–Crippen LogP) is 5.67. The summed E-state index contributed by atoms with van der Waals surface area (Å²) in [6, 6.07) is 11.2. The van der Waals surface area contributed by atoms with Gasteiger partial charge in [-0.1, -0.05) is 46.0 Å². The first-order valence-corrected chi connectivity index (χ1v) is 7.95. The topological polar surface area (TPSA) is 51.0 Å². The molecule has 0 unspecified atom stereocenters. The van der Waals surface area contributed by atoms with E-state index in [4.69, 9.17) is 39.2 Å². The quantitative estimate of drug-likeness (QED) is 0.644. The number of halogens is 3. The Balaban J connectivity index is 1.76. The van der Waals surface area contributed by atoms with Crippen molar-refractivity contribution in [2.24, 2.45) is 0 Å². The van der Waals surface area contributed by atoms with Gasteiger partial charge in [0, 0.05) is 20.8 Å². The molecule has 0 amide bonds. The van der Waals surface area contributed by atoms with Gasteiger partial charge in [0.05, 0.1) is 6.42 Å². The van der Waals surface area contributed by atoms with E-state index >= 15 is 0 Å². The van der Waals surface area contributed by atoms with Crippen LogP contribution in [0.5, 0.6) is 0 Å². The van der Waals surface area contributed by atoms with Gasteiger partial charge in [0.25, 0.3) is 0 Å². The van der Waals surface area contributed by atoms with Gasteiger partial charge in [-0.25, -0.2) is 0 Å². The SMILES string of the molecule is Cc1cc(Nc2nnc(Cc3c(Cl)cccc3Cl)o2)ccc1Cl. The summed E-state index contributed by atoms with van der Waals surface area (Å²) in [6.45, 7) is 1.92. The molecule has 0 aliphatic carbocycles. The molecule has 3 aromatic rings. The average molecular weight is 369 g/mol. The van der Waals surface area contributed by atoms with Crippen LogP contribution in [-0.4, -0.2) is 10.2 Å². The second kappa shape index (κ2) is 6.79. The third kappa shape index (κ3) is 3.78. The van der Waals surface area contributed by atoms with Crippen molar-refractivity contribution in [2.75, 3.05) is 5.32 Å². The van der Waals surface area contributed by atoms with Gasteiger partial charge in [-0.3, -0.25) is 0 Å². The molecule has 0 atom stereocenters. The van der Waals surface area contributed by atoms with Crippen LogP contribution in [0.4, 0.5) is 11.7 Å². The third-order valence-electron chi connectivity index (χ3n) is 3.27. The molecule has 0 saturated carbocycles. The zero-order chi connectivity index (χ0) is 16.4. The standard InChI is InChI=1S/C16H12Cl3N3O/c1-9-7-10(5-6-12(9)17)20-16-22-21-15(23-16)8-11-13(18)3-2-4-14(11)19/h2-7H,8H2,1H3,(H,20,22). The number of benzene rings is 2. The maximum absolute atomic E-state index is 6.15. The van der Waals surface area contributed by atoms with E-state index in [2.05, 4.69) is 15.5 Å². The van der Waals surface area contributed by atoms with E-state index in [-0.39, 0.29) is 0 Å². The minimum atomic E-state index is 0.296. The first kappa shape index (κ1) is 16.1. The molecule has 1 N–H and O–H groups in total. The first-order chi connectivity index (χ1) is 11.0. The van der Waals surface area contributed by atoms with Crippen molar-refractivity contribution in [3.05, 3.63) is 68.5 Å². The summed E-state index contributed by atoms with van der Waals surface area (Å²) < 4.78 is 5.59. The van der Waals surface area contributed by atoms with Gasteiger partial charge in [-0.05, 0) is 48.4 Å². The Morgan fingerprint density at radius 3 is 2.43 bits per heavy atom. The normalized spacial score (nSPS) is 10.8. The summed E-state index contributed by atoms with van der Waals surface area (Å²) >= 11 is 18.3. The Hall–Kier alpha value is -1.75. The summed E-state index contributed by atoms with van der Waals surface area (Å²) in [7, 11) is 0.